The first-order chi connectivity index (χ1) is 16.0. The molecule has 2 amide bonds. The van der Waals surface area contributed by atoms with Crippen LogP contribution in [0.1, 0.15) is 35.6 Å². The van der Waals surface area contributed by atoms with Crippen molar-refractivity contribution in [3.8, 4) is 0 Å². The lowest BCUT2D eigenvalue weighted by atomic mass is 10.0. The summed E-state index contributed by atoms with van der Waals surface area (Å²) >= 11 is 3.52. The van der Waals surface area contributed by atoms with Gasteiger partial charge in [-0.3, -0.25) is 9.59 Å². The van der Waals surface area contributed by atoms with Crippen LogP contribution in [0.5, 0.6) is 0 Å². The molecule has 0 aliphatic rings. The summed E-state index contributed by atoms with van der Waals surface area (Å²) in [7, 11) is 0. The summed E-state index contributed by atoms with van der Waals surface area (Å²) in [6.07, 6.45) is 1.55. The van der Waals surface area contributed by atoms with Crippen molar-refractivity contribution in [2.45, 2.75) is 45.7 Å². The summed E-state index contributed by atoms with van der Waals surface area (Å²) < 4.78 is 0.945. The molecule has 33 heavy (non-hydrogen) atoms. The zero-order valence-electron chi connectivity index (χ0n) is 19.3. The van der Waals surface area contributed by atoms with E-state index in [0.29, 0.717) is 19.5 Å². The van der Waals surface area contributed by atoms with Crippen molar-refractivity contribution in [2.75, 3.05) is 6.54 Å². The Kier molecular flexibility index (Phi) is 9.25. The van der Waals surface area contributed by atoms with E-state index >= 15 is 0 Å². The molecule has 5 heteroatoms. The van der Waals surface area contributed by atoms with Gasteiger partial charge in [0, 0.05) is 24.0 Å². The number of aryl methyl sites for hydroxylation is 1. The molecule has 0 spiro atoms. The minimum absolute atomic E-state index is 0.0635. The highest BCUT2D eigenvalue weighted by Gasteiger charge is 2.30. The van der Waals surface area contributed by atoms with Crippen molar-refractivity contribution in [2.24, 2.45) is 0 Å². The molecule has 1 N–H and O–H groups in total. The zero-order chi connectivity index (χ0) is 23.6. The fourth-order valence-corrected chi connectivity index (χ4v) is 4.18. The van der Waals surface area contributed by atoms with Crippen LogP contribution in [0.3, 0.4) is 0 Å². The molecule has 3 aromatic carbocycles. The van der Waals surface area contributed by atoms with Crippen LogP contribution in [0.25, 0.3) is 0 Å². The predicted molar refractivity (Wildman–Crippen MR) is 137 cm³/mol. The lowest BCUT2D eigenvalue weighted by molar-refractivity contribution is -0.140. The van der Waals surface area contributed by atoms with E-state index in [1.807, 2.05) is 92.7 Å². The third-order valence-corrected chi connectivity index (χ3v) is 6.03. The van der Waals surface area contributed by atoms with Gasteiger partial charge in [0.1, 0.15) is 6.04 Å². The SMILES string of the molecule is CCCNC(=O)[C@H](Cc1ccccc1)N(Cc1cccc(Br)c1)C(=O)Cc1ccc(C)cc1. The van der Waals surface area contributed by atoms with Gasteiger partial charge in [-0.1, -0.05) is 95.1 Å². The summed E-state index contributed by atoms with van der Waals surface area (Å²) in [4.78, 5) is 28.7. The fourth-order valence-electron chi connectivity index (χ4n) is 3.73. The van der Waals surface area contributed by atoms with E-state index in [2.05, 4.69) is 21.2 Å². The van der Waals surface area contributed by atoms with Crippen LogP contribution in [0.2, 0.25) is 0 Å². The first-order valence-corrected chi connectivity index (χ1v) is 12.2. The third-order valence-electron chi connectivity index (χ3n) is 5.54. The molecular formula is C28H31BrN2O2. The summed E-state index contributed by atoms with van der Waals surface area (Å²) in [6, 6.07) is 25.2. The number of carbonyl (C=O) groups is 2. The van der Waals surface area contributed by atoms with Crippen molar-refractivity contribution < 1.29 is 9.59 Å². The van der Waals surface area contributed by atoms with E-state index in [4.69, 9.17) is 0 Å². The molecule has 0 fully saturated rings. The number of amides is 2. The van der Waals surface area contributed by atoms with Gasteiger partial charge in [-0.25, -0.2) is 0 Å². The first-order valence-electron chi connectivity index (χ1n) is 11.4. The second-order valence-corrected chi connectivity index (χ2v) is 9.23. The maximum atomic E-state index is 13.6. The quantitative estimate of drug-likeness (QED) is 0.396. The van der Waals surface area contributed by atoms with E-state index in [0.717, 1.165) is 33.1 Å². The standard InChI is InChI=1S/C28H31BrN2O2/c1-3-16-30-28(33)26(18-22-8-5-4-6-9-22)31(20-24-10-7-11-25(29)17-24)27(32)19-23-14-12-21(2)13-15-23/h4-15,17,26H,3,16,18-20H2,1-2H3,(H,30,33)/t26-/m0/s1. The Balaban J connectivity index is 1.94. The van der Waals surface area contributed by atoms with E-state index in [1.165, 1.54) is 0 Å². The summed E-state index contributed by atoms with van der Waals surface area (Å²) in [5.41, 5.74) is 4.09. The van der Waals surface area contributed by atoms with Gasteiger partial charge >= 0.3 is 0 Å². The van der Waals surface area contributed by atoms with Crippen LogP contribution >= 0.6 is 15.9 Å². The molecule has 0 bridgehead atoms. The molecule has 0 saturated carbocycles. The Bertz CT molecular complexity index is 1050. The van der Waals surface area contributed by atoms with Gasteiger partial charge < -0.3 is 10.2 Å². The monoisotopic (exact) mass is 506 g/mol. The van der Waals surface area contributed by atoms with Crippen molar-refractivity contribution >= 4 is 27.7 Å². The van der Waals surface area contributed by atoms with Crippen molar-refractivity contribution in [3.63, 3.8) is 0 Å². The normalized spacial score (nSPS) is 11.6. The van der Waals surface area contributed by atoms with Crippen LogP contribution in [-0.2, 0) is 29.0 Å². The Morgan fingerprint density at radius 2 is 1.61 bits per heavy atom. The van der Waals surface area contributed by atoms with E-state index in [9.17, 15) is 9.59 Å². The Morgan fingerprint density at radius 3 is 2.27 bits per heavy atom. The molecule has 3 rings (SSSR count). The number of hydrogen-bond acceptors (Lipinski definition) is 2. The molecule has 4 nitrogen and oxygen atoms in total. The average molecular weight is 507 g/mol. The minimum atomic E-state index is -0.601. The van der Waals surface area contributed by atoms with Crippen LogP contribution in [-0.4, -0.2) is 29.3 Å². The van der Waals surface area contributed by atoms with Crippen molar-refractivity contribution in [3.05, 3.63) is 106 Å². The molecule has 1 atom stereocenters. The predicted octanol–water partition coefficient (Wildman–Crippen LogP) is 5.47. The second kappa shape index (κ2) is 12.4. The summed E-state index contributed by atoms with van der Waals surface area (Å²) in [5.74, 6) is -0.181. The van der Waals surface area contributed by atoms with Gasteiger partial charge in [-0.05, 0) is 42.2 Å². The van der Waals surface area contributed by atoms with Crippen LogP contribution in [0.15, 0.2) is 83.3 Å². The van der Waals surface area contributed by atoms with Gasteiger partial charge in [0.25, 0.3) is 0 Å². The highest BCUT2D eigenvalue weighted by Crippen LogP contribution is 2.19. The summed E-state index contributed by atoms with van der Waals surface area (Å²) in [5, 5.41) is 3.01. The Labute approximate surface area is 205 Å². The third kappa shape index (κ3) is 7.57. The van der Waals surface area contributed by atoms with Crippen molar-refractivity contribution in [1.82, 2.24) is 10.2 Å². The van der Waals surface area contributed by atoms with Gasteiger partial charge in [0.15, 0.2) is 0 Å². The highest BCUT2D eigenvalue weighted by atomic mass is 79.9. The Morgan fingerprint density at radius 1 is 0.909 bits per heavy atom. The van der Waals surface area contributed by atoms with Crippen molar-refractivity contribution in [1.29, 1.82) is 0 Å². The fraction of sp³-hybridized carbons (Fsp3) is 0.286. The average Bonchev–Trinajstić information content (AvgIpc) is 2.82. The molecule has 0 aromatic heterocycles. The maximum Gasteiger partial charge on any atom is 0.243 e. The number of hydrogen-bond donors (Lipinski definition) is 1. The first kappa shape index (κ1) is 24.7. The second-order valence-electron chi connectivity index (χ2n) is 8.31. The van der Waals surface area contributed by atoms with Gasteiger partial charge in [0.05, 0.1) is 6.42 Å². The minimum Gasteiger partial charge on any atom is -0.354 e. The van der Waals surface area contributed by atoms with Gasteiger partial charge in [-0.15, -0.1) is 0 Å². The van der Waals surface area contributed by atoms with Gasteiger partial charge in [-0.2, -0.15) is 0 Å². The number of rotatable bonds is 10. The summed E-state index contributed by atoms with van der Waals surface area (Å²) in [6.45, 7) is 5.00. The molecule has 0 aliphatic heterocycles. The van der Waals surface area contributed by atoms with E-state index in [1.54, 1.807) is 4.90 Å². The molecular weight excluding hydrogens is 476 g/mol. The van der Waals surface area contributed by atoms with Gasteiger partial charge in [0.2, 0.25) is 11.8 Å². The lowest BCUT2D eigenvalue weighted by Crippen LogP contribution is -2.51. The topological polar surface area (TPSA) is 49.4 Å². The maximum absolute atomic E-state index is 13.6. The molecule has 0 unspecified atom stereocenters. The number of halogens is 1. The van der Waals surface area contributed by atoms with Crippen LogP contribution in [0.4, 0.5) is 0 Å². The van der Waals surface area contributed by atoms with E-state index < -0.39 is 6.04 Å². The highest BCUT2D eigenvalue weighted by molar-refractivity contribution is 9.10. The number of benzene rings is 3. The lowest BCUT2D eigenvalue weighted by Gasteiger charge is -2.31. The van der Waals surface area contributed by atoms with E-state index in [-0.39, 0.29) is 18.2 Å². The molecule has 0 radical (unpaired) electrons. The zero-order valence-corrected chi connectivity index (χ0v) is 20.8. The molecule has 3 aromatic rings. The smallest absolute Gasteiger partial charge is 0.243 e. The molecule has 0 saturated heterocycles. The molecule has 0 heterocycles. The molecule has 0 aliphatic carbocycles. The number of nitrogens with zero attached hydrogens (tertiary/aromatic N) is 1. The number of nitrogens with one attached hydrogen (secondary N) is 1. The van der Waals surface area contributed by atoms with Crippen LogP contribution in [0, 0.1) is 6.92 Å². The largest absolute Gasteiger partial charge is 0.354 e. The molecule has 172 valence electrons. The Hall–Kier alpha value is -2.92. The number of carbonyl (C=O) groups excluding carboxylic acids is 2. The van der Waals surface area contributed by atoms with Crippen LogP contribution < -0.4 is 5.32 Å².